The molecule has 2 rings (SSSR count). The first-order valence-electron chi connectivity index (χ1n) is 6.63. The molecule has 1 aromatic rings. The van der Waals surface area contributed by atoms with Crippen molar-refractivity contribution in [3.05, 3.63) is 23.7 Å². The fourth-order valence-electron chi connectivity index (χ4n) is 1.81. The smallest absolute Gasteiger partial charge is 0.120 e. The van der Waals surface area contributed by atoms with E-state index in [1.54, 1.807) is 0 Å². The number of furan rings is 1. The summed E-state index contributed by atoms with van der Waals surface area (Å²) in [4.78, 5) is 0. The first-order chi connectivity index (χ1) is 8.25. The maximum Gasteiger partial charge on any atom is 0.120 e. The predicted molar refractivity (Wildman–Crippen MR) is 68.0 cm³/mol. The summed E-state index contributed by atoms with van der Waals surface area (Å²) in [7, 11) is 0. The molecule has 17 heavy (non-hydrogen) atoms. The van der Waals surface area contributed by atoms with E-state index in [9.17, 15) is 0 Å². The third-order valence-electron chi connectivity index (χ3n) is 3.15. The molecule has 1 N–H and O–H groups in total. The van der Waals surface area contributed by atoms with Gasteiger partial charge in [0.2, 0.25) is 0 Å². The molecule has 0 aliphatic heterocycles. The second-order valence-electron chi connectivity index (χ2n) is 5.00. The fraction of sp³-hybridized carbons (Fsp3) is 0.714. The van der Waals surface area contributed by atoms with E-state index in [0.717, 1.165) is 43.6 Å². The van der Waals surface area contributed by atoms with Gasteiger partial charge in [0, 0.05) is 13.2 Å². The Morgan fingerprint density at radius 3 is 2.94 bits per heavy atom. The lowest BCUT2D eigenvalue weighted by atomic mass is 10.2. The highest BCUT2D eigenvalue weighted by atomic mass is 16.5. The Hall–Kier alpha value is -0.800. The van der Waals surface area contributed by atoms with Crippen molar-refractivity contribution in [2.75, 3.05) is 19.8 Å². The maximum atomic E-state index is 5.59. The normalized spacial score (nSPS) is 17.3. The van der Waals surface area contributed by atoms with E-state index < -0.39 is 0 Å². The topological polar surface area (TPSA) is 34.4 Å². The number of hydrogen-bond acceptors (Lipinski definition) is 3. The zero-order chi connectivity index (χ0) is 12.1. The first kappa shape index (κ1) is 12.7. The van der Waals surface area contributed by atoms with Crippen LogP contribution in [0.5, 0.6) is 0 Å². The van der Waals surface area contributed by atoms with Gasteiger partial charge in [-0.25, -0.2) is 0 Å². The van der Waals surface area contributed by atoms with Gasteiger partial charge in [-0.2, -0.15) is 0 Å². The molecule has 3 heteroatoms. The minimum atomic E-state index is 0.284. The van der Waals surface area contributed by atoms with Gasteiger partial charge in [-0.15, -0.1) is 0 Å². The first-order valence-corrected chi connectivity index (χ1v) is 6.63. The Morgan fingerprint density at radius 2 is 2.29 bits per heavy atom. The Labute approximate surface area is 104 Å². The van der Waals surface area contributed by atoms with Gasteiger partial charge in [0.25, 0.3) is 0 Å². The quantitative estimate of drug-likeness (QED) is 0.706. The van der Waals surface area contributed by atoms with Crippen LogP contribution in [0.1, 0.15) is 43.7 Å². The zero-order valence-corrected chi connectivity index (χ0v) is 10.9. The van der Waals surface area contributed by atoms with E-state index in [2.05, 4.69) is 12.2 Å². The van der Waals surface area contributed by atoms with Gasteiger partial charge in [0.15, 0.2) is 0 Å². The van der Waals surface area contributed by atoms with Crippen molar-refractivity contribution in [2.45, 2.75) is 39.2 Å². The lowest BCUT2D eigenvalue weighted by molar-refractivity contribution is 0.121. The van der Waals surface area contributed by atoms with Crippen molar-refractivity contribution >= 4 is 0 Å². The summed E-state index contributed by atoms with van der Waals surface area (Å²) in [6.45, 7) is 6.91. The van der Waals surface area contributed by atoms with E-state index in [1.165, 1.54) is 12.8 Å². The number of ether oxygens (including phenoxy) is 1. The molecule has 1 saturated carbocycles. The molecule has 0 spiro atoms. The molecule has 0 saturated heterocycles. The van der Waals surface area contributed by atoms with E-state index >= 15 is 0 Å². The summed E-state index contributed by atoms with van der Waals surface area (Å²) in [6, 6.07) is 4.33. The maximum absolute atomic E-state index is 5.59. The molecular weight excluding hydrogens is 214 g/mol. The largest absolute Gasteiger partial charge is 0.465 e. The van der Waals surface area contributed by atoms with Crippen LogP contribution < -0.4 is 5.32 Å². The summed E-state index contributed by atoms with van der Waals surface area (Å²) in [5.41, 5.74) is 0. The second kappa shape index (κ2) is 6.22. The van der Waals surface area contributed by atoms with E-state index in [0.29, 0.717) is 0 Å². The van der Waals surface area contributed by atoms with Crippen LogP contribution in [0, 0.1) is 12.8 Å². The van der Waals surface area contributed by atoms with Crippen molar-refractivity contribution in [3.63, 3.8) is 0 Å². The molecule has 1 unspecified atom stereocenters. The van der Waals surface area contributed by atoms with Crippen LogP contribution in [0.25, 0.3) is 0 Å². The van der Waals surface area contributed by atoms with Crippen molar-refractivity contribution in [2.24, 2.45) is 5.92 Å². The predicted octanol–water partition coefficient (Wildman–Crippen LogP) is 3.06. The summed E-state index contributed by atoms with van der Waals surface area (Å²) in [5, 5.41) is 3.44. The van der Waals surface area contributed by atoms with Gasteiger partial charge in [0.1, 0.15) is 11.5 Å². The van der Waals surface area contributed by atoms with Crippen LogP contribution in [-0.2, 0) is 4.74 Å². The molecule has 1 aliphatic carbocycles. The number of hydrogen-bond donors (Lipinski definition) is 1. The molecule has 1 atom stereocenters. The van der Waals surface area contributed by atoms with E-state index in [-0.39, 0.29) is 6.04 Å². The van der Waals surface area contributed by atoms with Crippen LogP contribution >= 0.6 is 0 Å². The lowest BCUT2D eigenvalue weighted by Crippen LogP contribution is -2.20. The second-order valence-corrected chi connectivity index (χ2v) is 5.00. The van der Waals surface area contributed by atoms with Gasteiger partial charge < -0.3 is 14.5 Å². The van der Waals surface area contributed by atoms with Crippen LogP contribution in [0.4, 0.5) is 0 Å². The molecule has 0 aromatic carbocycles. The molecule has 0 amide bonds. The summed E-state index contributed by atoms with van der Waals surface area (Å²) in [5.74, 6) is 2.86. The molecule has 1 aromatic heterocycles. The Bertz CT molecular complexity index is 331. The highest BCUT2D eigenvalue weighted by Gasteiger charge is 2.20. The average molecular weight is 237 g/mol. The van der Waals surface area contributed by atoms with Gasteiger partial charge >= 0.3 is 0 Å². The van der Waals surface area contributed by atoms with Crippen LogP contribution in [0.15, 0.2) is 16.5 Å². The Morgan fingerprint density at radius 1 is 1.47 bits per heavy atom. The Balaban J connectivity index is 1.51. The van der Waals surface area contributed by atoms with Crippen molar-refractivity contribution < 1.29 is 9.15 Å². The molecule has 0 bridgehead atoms. The van der Waals surface area contributed by atoms with Crippen LogP contribution in [0.2, 0.25) is 0 Å². The average Bonchev–Trinajstić information content (AvgIpc) is 3.04. The SMILES string of the molecule is Cc1ccc(C(C)NCCCOCC2CC2)o1. The Kier molecular flexibility index (Phi) is 4.63. The van der Waals surface area contributed by atoms with E-state index in [1.807, 2.05) is 19.1 Å². The summed E-state index contributed by atoms with van der Waals surface area (Å²) >= 11 is 0. The van der Waals surface area contributed by atoms with Crippen molar-refractivity contribution in [1.82, 2.24) is 5.32 Å². The summed E-state index contributed by atoms with van der Waals surface area (Å²) in [6.07, 6.45) is 3.80. The third kappa shape index (κ3) is 4.52. The molecule has 1 fully saturated rings. The van der Waals surface area contributed by atoms with Crippen LogP contribution in [0.3, 0.4) is 0 Å². The standard InChI is InChI=1S/C14H23NO2/c1-11-4-7-14(17-11)12(2)15-8-3-9-16-10-13-5-6-13/h4,7,12-13,15H,3,5-6,8-10H2,1-2H3. The lowest BCUT2D eigenvalue weighted by Gasteiger charge is -2.11. The minimum Gasteiger partial charge on any atom is -0.465 e. The number of nitrogens with one attached hydrogen (secondary N) is 1. The number of aryl methyl sites for hydroxylation is 1. The van der Waals surface area contributed by atoms with Crippen molar-refractivity contribution in [3.8, 4) is 0 Å². The summed E-state index contributed by atoms with van der Waals surface area (Å²) < 4.78 is 11.2. The van der Waals surface area contributed by atoms with Gasteiger partial charge in [-0.1, -0.05) is 0 Å². The number of rotatable bonds is 8. The van der Waals surface area contributed by atoms with Crippen molar-refractivity contribution in [1.29, 1.82) is 0 Å². The zero-order valence-electron chi connectivity index (χ0n) is 10.9. The van der Waals surface area contributed by atoms with Gasteiger partial charge in [0.05, 0.1) is 6.04 Å². The third-order valence-corrected chi connectivity index (χ3v) is 3.15. The molecule has 1 aliphatic rings. The highest BCUT2D eigenvalue weighted by Crippen LogP contribution is 2.28. The highest BCUT2D eigenvalue weighted by molar-refractivity contribution is 5.08. The molecule has 3 nitrogen and oxygen atoms in total. The molecule has 1 heterocycles. The van der Waals surface area contributed by atoms with Gasteiger partial charge in [-0.3, -0.25) is 0 Å². The molecule has 0 radical (unpaired) electrons. The monoisotopic (exact) mass is 237 g/mol. The van der Waals surface area contributed by atoms with Crippen LogP contribution in [-0.4, -0.2) is 19.8 Å². The molecular formula is C14H23NO2. The molecule has 96 valence electrons. The van der Waals surface area contributed by atoms with E-state index in [4.69, 9.17) is 9.15 Å². The van der Waals surface area contributed by atoms with Gasteiger partial charge in [-0.05, 0) is 57.7 Å². The minimum absolute atomic E-state index is 0.284. The fourth-order valence-corrected chi connectivity index (χ4v) is 1.81.